The number of rotatable bonds is 11. The van der Waals surface area contributed by atoms with Crippen LogP contribution in [0.3, 0.4) is 0 Å². The standard InChI is InChI=1S/C24H29NO6/c1-6-25(7-2)23(27)16-31-19-11-9-18(10-12-19)20(26)13-8-17-14-21(28-3)24(30-5)22(15-17)29-4/h8-15H,6-7,16H2,1-5H3/b13-8+. The smallest absolute Gasteiger partial charge is 0.260 e. The zero-order valence-corrected chi connectivity index (χ0v) is 18.6. The van der Waals surface area contributed by atoms with Crippen LogP contribution in [0.15, 0.2) is 42.5 Å². The third kappa shape index (κ3) is 6.25. The minimum Gasteiger partial charge on any atom is -0.493 e. The summed E-state index contributed by atoms with van der Waals surface area (Å²) in [5.74, 6) is 1.80. The molecule has 0 aliphatic carbocycles. The van der Waals surface area contributed by atoms with Crippen molar-refractivity contribution in [3.63, 3.8) is 0 Å². The quantitative estimate of drug-likeness (QED) is 0.401. The Hall–Kier alpha value is -3.48. The number of methoxy groups -OCH3 is 3. The maximum Gasteiger partial charge on any atom is 0.260 e. The second-order valence-corrected chi connectivity index (χ2v) is 6.54. The van der Waals surface area contributed by atoms with E-state index >= 15 is 0 Å². The number of amides is 1. The molecule has 0 saturated carbocycles. The molecule has 2 aromatic carbocycles. The summed E-state index contributed by atoms with van der Waals surface area (Å²) in [6.45, 7) is 5.10. The van der Waals surface area contributed by atoms with Crippen LogP contribution in [0.4, 0.5) is 0 Å². The number of ether oxygens (including phenoxy) is 4. The second kappa shape index (κ2) is 11.6. The van der Waals surface area contributed by atoms with Crippen LogP contribution in [0.2, 0.25) is 0 Å². The summed E-state index contributed by atoms with van der Waals surface area (Å²) in [5, 5.41) is 0. The first-order valence-corrected chi connectivity index (χ1v) is 10.00. The number of hydrogen-bond acceptors (Lipinski definition) is 6. The summed E-state index contributed by atoms with van der Waals surface area (Å²) < 4.78 is 21.5. The molecule has 2 aromatic rings. The van der Waals surface area contributed by atoms with Crippen LogP contribution in [-0.2, 0) is 4.79 Å². The van der Waals surface area contributed by atoms with Gasteiger partial charge in [0.05, 0.1) is 21.3 Å². The minimum atomic E-state index is -0.167. The van der Waals surface area contributed by atoms with E-state index in [-0.39, 0.29) is 18.3 Å². The van der Waals surface area contributed by atoms with Gasteiger partial charge in [-0.1, -0.05) is 6.08 Å². The van der Waals surface area contributed by atoms with Crippen LogP contribution in [-0.4, -0.2) is 57.6 Å². The maximum absolute atomic E-state index is 12.5. The van der Waals surface area contributed by atoms with Crippen LogP contribution in [0.5, 0.6) is 23.0 Å². The molecule has 0 radical (unpaired) electrons. The van der Waals surface area contributed by atoms with Gasteiger partial charge in [0.15, 0.2) is 23.9 Å². The first-order valence-electron chi connectivity index (χ1n) is 10.00. The second-order valence-electron chi connectivity index (χ2n) is 6.54. The van der Waals surface area contributed by atoms with E-state index in [0.717, 1.165) is 5.56 Å². The van der Waals surface area contributed by atoms with E-state index in [1.54, 1.807) is 47.4 Å². The molecule has 0 aromatic heterocycles. The number of ketones is 1. The Morgan fingerprint density at radius 3 is 1.97 bits per heavy atom. The monoisotopic (exact) mass is 427 g/mol. The van der Waals surface area contributed by atoms with Crippen LogP contribution >= 0.6 is 0 Å². The van der Waals surface area contributed by atoms with Gasteiger partial charge in [0, 0.05) is 18.7 Å². The molecule has 0 heterocycles. The predicted molar refractivity (Wildman–Crippen MR) is 119 cm³/mol. The Bertz CT molecular complexity index is 891. The van der Waals surface area contributed by atoms with Crippen LogP contribution in [0.1, 0.15) is 29.8 Å². The van der Waals surface area contributed by atoms with E-state index in [1.165, 1.54) is 27.4 Å². The lowest BCUT2D eigenvalue weighted by atomic mass is 10.1. The summed E-state index contributed by atoms with van der Waals surface area (Å²) >= 11 is 0. The maximum atomic E-state index is 12.5. The summed E-state index contributed by atoms with van der Waals surface area (Å²) in [6, 6.07) is 10.2. The number of carbonyl (C=O) groups is 2. The molecule has 0 unspecified atom stereocenters. The van der Waals surface area contributed by atoms with Crippen molar-refractivity contribution in [2.24, 2.45) is 0 Å². The first-order chi connectivity index (χ1) is 15.0. The van der Waals surface area contributed by atoms with E-state index in [0.29, 0.717) is 41.7 Å². The lowest BCUT2D eigenvalue weighted by Crippen LogP contribution is -2.34. The molecule has 7 heteroatoms. The molecule has 0 aliphatic rings. The first kappa shape index (κ1) is 23.8. The Balaban J connectivity index is 2.06. The average molecular weight is 427 g/mol. The fourth-order valence-electron chi connectivity index (χ4n) is 2.99. The molecule has 1 amide bonds. The highest BCUT2D eigenvalue weighted by Gasteiger charge is 2.13. The van der Waals surface area contributed by atoms with Gasteiger partial charge >= 0.3 is 0 Å². The average Bonchev–Trinajstić information content (AvgIpc) is 2.81. The van der Waals surface area contributed by atoms with Crippen molar-refractivity contribution in [3.8, 4) is 23.0 Å². The molecule has 0 bridgehead atoms. The Morgan fingerprint density at radius 1 is 0.903 bits per heavy atom. The molecule has 0 N–H and O–H groups in total. The highest BCUT2D eigenvalue weighted by Crippen LogP contribution is 2.38. The van der Waals surface area contributed by atoms with Crippen molar-refractivity contribution in [1.82, 2.24) is 4.90 Å². The summed E-state index contributed by atoms with van der Waals surface area (Å²) in [4.78, 5) is 26.2. The fraction of sp³-hybridized carbons (Fsp3) is 0.333. The molecule has 0 atom stereocenters. The van der Waals surface area contributed by atoms with Gasteiger partial charge in [-0.15, -0.1) is 0 Å². The van der Waals surface area contributed by atoms with E-state index < -0.39 is 0 Å². The molecule has 7 nitrogen and oxygen atoms in total. The molecule has 0 aliphatic heterocycles. The SMILES string of the molecule is CCN(CC)C(=O)COc1ccc(C(=O)/C=C/c2cc(OC)c(OC)c(OC)c2)cc1. The number of hydrogen-bond donors (Lipinski definition) is 0. The van der Waals surface area contributed by atoms with E-state index in [4.69, 9.17) is 18.9 Å². The molecular formula is C24H29NO6. The van der Waals surface area contributed by atoms with Crippen molar-refractivity contribution in [1.29, 1.82) is 0 Å². The van der Waals surface area contributed by atoms with E-state index in [9.17, 15) is 9.59 Å². The number of likely N-dealkylation sites (N-methyl/N-ethyl adjacent to an activating group) is 1. The van der Waals surface area contributed by atoms with Crippen LogP contribution in [0.25, 0.3) is 6.08 Å². The van der Waals surface area contributed by atoms with Crippen molar-refractivity contribution in [2.75, 3.05) is 41.0 Å². The van der Waals surface area contributed by atoms with Crippen molar-refractivity contribution in [3.05, 3.63) is 53.6 Å². The number of carbonyl (C=O) groups excluding carboxylic acids is 2. The van der Waals surface area contributed by atoms with Gasteiger partial charge < -0.3 is 23.8 Å². The zero-order valence-electron chi connectivity index (χ0n) is 18.6. The van der Waals surface area contributed by atoms with Gasteiger partial charge in [-0.05, 0) is 61.9 Å². The van der Waals surface area contributed by atoms with Crippen molar-refractivity contribution in [2.45, 2.75) is 13.8 Å². The molecule has 0 fully saturated rings. The lowest BCUT2D eigenvalue weighted by Gasteiger charge is -2.18. The van der Waals surface area contributed by atoms with Gasteiger partial charge in [0.1, 0.15) is 5.75 Å². The fourth-order valence-corrected chi connectivity index (χ4v) is 2.99. The molecular weight excluding hydrogens is 398 g/mol. The highest BCUT2D eigenvalue weighted by atomic mass is 16.5. The summed E-state index contributed by atoms with van der Waals surface area (Å²) in [6.07, 6.45) is 3.15. The van der Waals surface area contributed by atoms with Gasteiger partial charge in [-0.25, -0.2) is 0 Å². The highest BCUT2D eigenvalue weighted by molar-refractivity contribution is 6.06. The third-order valence-electron chi connectivity index (χ3n) is 4.73. The predicted octanol–water partition coefficient (Wildman–Crippen LogP) is 3.86. The molecule has 31 heavy (non-hydrogen) atoms. The number of benzene rings is 2. The van der Waals surface area contributed by atoms with Gasteiger partial charge in [0.2, 0.25) is 5.75 Å². The van der Waals surface area contributed by atoms with E-state index in [1.807, 2.05) is 13.8 Å². The Kier molecular flexibility index (Phi) is 8.94. The van der Waals surface area contributed by atoms with Crippen LogP contribution in [0, 0.1) is 0 Å². The molecule has 0 saturated heterocycles. The normalized spacial score (nSPS) is 10.6. The minimum absolute atomic E-state index is 0.0317. The number of nitrogens with zero attached hydrogens (tertiary/aromatic N) is 1. The van der Waals surface area contributed by atoms with E-state index in [2.05, 4.69) is 0 Å². The Morgan fingerprint density at radius 2 is 1.48 bits per heavy atom. The van der Waals surface area contributed by atoms with Gasteiger partial charge in [0.25, 0.3) is 5.91 Å². The van der Waals surface area contributed by atoms with Gasteiger partial charge in [-0.2, -0.15) is 0 Å². The topological polar surface area (TPSA) is 74.3 Å². The lowest BCUT2D eigenvalue weighted by molar-refractivity contribution is -0.132. The van der Waals surface area contributed by atoms with Gasteiger partial charge in [-0.3, -0.25) is 9.59 Å². The largest absolute Gasteiger partial charge is 0.493 e. The molecule has 2 rings (SSSR count). The van der Waals surface area contributed by atoms with Crippen LogP contribution < -0.4 is 18.9 Å². The van der Waals surface area contributed by atoms with Crippen molar-refractivity contribution >= 4 is 17.8 Å². The third-order valence-corrected chi connectivity index (χ3v) is 4.73. The summed E-state index contributed by atoms with van der Waals surface area (Å²) in [7, 11) is 4.61. The van der Waals surface area contributed by atoms with Crippen molar-refractivity contribution < 1.29 is 28.5 Å². The Labute approximate surface area is 183 Å². The molecule has 166 valence electrons. The zero-order chi connectivity index (χ0) is 22.8. The summed E-state index contributed by atoms with van der Waals surface area (Å²) in [5.41, 5.74) is 1.24. The molecule has 0 spiro atoms. The number of allylic oxidation sites excluding steroid dienone is 1.